The summed E-state index contributed by atoms with van der Waals surface area (Å²) in [6.45, 7) is 7.96. The van der Waals surface area contributed by atoms with Gasteiger partial charge in [0, 0.05) is 6.54 Å². The summed E-state index contributed by atoms with van der Waals surface area (Å²) in [6.07, 6.45) is 2.95. The van der Waals surface area contributed by atoms with E-state index in [0.717, 1.165) is 5.56 Å². The second-order valence-electron chi connectivity index (χ2n) is 4.80. The molecule has 0 spiro atoms. The fraction of sp³-hybridized carbons (Fsp3) is 0.400. The summed E-state index contributed by atoms with van der Waals surface area (Å²) in [4.78, 5) is 12.0. The van der Waals surface area contributed by atoms with E-state index in [9.17, 15) is 15.0 Å². The van der Waals surface area contributed by atoms with Crippen LogP contribution >= 0.6 is 0 Å². The van der Waals surface area contributed by atoms with Gasteiger partial charge in [-0.25, -0.2) is 0 Å². The Kier molecular flexibility index (Phi) is 4.98. The zero-order valence-electron chi connectivity index (χ0n) is 11.4. The first-order chi connectivity index (χ1) is 8.92. The third-order valence-electron chi connectivity index (χ3n) is 3.44. The molecule has 4 heteroatoms. The highest BCUT2D eigenvalue weighted by Crippen LogP contribution is 2.25. The van der Waals surface area contributed by atoms with Gasteiger partial charge < -0.3 is 15.5 Å². The maximum Gasteiger partial charge on any atom is 0.229 e. The smallest absolute Gasteiger partial charge is 0.229 e. The van der Waals surface area contributed by atoms with Crippen LogP contribution in [0.5, 0.6) is 11.5 Å². The van der Waals surface area contributed by atoms with Crippen LogP contribution in [0, 0.1) is 5.41 Å². The van der Waals surface area contributed by atoms with Crippen molar-refractivity contribution >= 4 is 5.91 Å². The minimum atomic E-state index is -0.545. The van der Waals surface area contributed by atoms with E-state index in [2.05, 4.69) is 11.9 Å². The summed E-state index contributed by atoms with van der Waals surface area (Å²) in [5.74, 6) is -0.334. The highest BCUT2D eigenvalue weighted by atomic mass is 16.3. The van der Waals surface area contributed by atoms with E-state index in [0.29, 0.717) is 19.4 Å². The molecule has 1 aromatic rings. The van der Waals surface area contributed by atoms with E-state index in [-0.39, 0.29) is 17.4 Å². The number of phenolic OH excluding ortho intramolecular Hbond substituents is 2. The molecule has 0 heterocycles. The lowest BCUT2D eigenvalue weighted by atomic mass is 9.87. The van der Waals surface area contributed by atoms with Crippen LogP contribution in [0.2, 0.25) is 0 Å². The van der Waals surface area contributed by atoms with Gasteiger partial charge in [0.05, 0.1) is 5.41 Å². The molecule has 3 N–H and O–H groups in total. The van der Waals surface area contributed by atoms with Gasteiger partial charge in [-0.2, -0.15) is 0 Å². The Morgan fingerprint density at radius 3 is 2.63 bits per heavy atom. The van der Waals surface area contributed by atoms with Gasteiger partial charge in [0.1, 0.15) is 0 Å². The van der Waals surface area contributed by atoms with Gasteiger partial charge >= 0.3 is 0 Å². The molecule has 0 aromatic heterocycles. The summed E-state index contributed by atoms with van der Waals surface area (Å²) in [5.41, 5.74) is 0.310. The van der Waals surface area contributed by atoms with Gasteiger partial charge in [0.2, 0.25) is 5.91 Å². The number of amides is 1. The predicted molar refractivity (Wildman–Crippen MR) is 75.1 cm³/mol. The van der Waals surface area contributed by atoms with Gasteiger partial charge in [0.15, 0.2) is 11.5 Å². The molecule has 0 saturated carbocycles. The Morgan fingerprint density at radius 2 is 2.11 bits per heavy atom. The van der Waals surface area contributed by atoms with Crippen molar-refractivity contribution in [3.05, 3.63) is 36.4 Å². The Morgan fingerprint density at radius 1 is 1.42 bits per heavy atom. The third kappa shape index (κ3) is 3.74. The maximum absolute atomic E-state index is 12.0. The molecular weight excluding hydrogens is 242 g/mol. The van der Waals surface area contributed by atoms with Crippen molar-refractivity contribution in [3.63, 3.8) is 0 Å². The minimum Gasteiger partial charge on any atom is -0.504 e. The Labute approximate surface area is 113 Å². The molecular formula is C15H21NO3. The molecule has 1 atom stereocenters. The molecule has 4 nitrogen and oxygen atoms in total. The predicted octanol–water partition coefficient (Wildman–Crippen LogP) is 2.36. The van der Waals surface area contributed by atoms with Crippen molar-refractivity contribution in [1.82, 2.24) is 5.32 Å². The lowest BCUT2D eigenvalue weighted by molar-refractivity contribution is -0.127. The first-order valence-corrected chi connectivity index (χ1v) is 6.35. The third-order valence-corrected chi connectivity index (χ3v) is 3.44. The summed E-state index contributed by atoms with van der Waals surface area (Å²) in [5, 5.41) is 21.4. The number of hydrogen-bond acceptors (Lipinski definition) is 3. The van der Waals surface area contributed by atoms with E-state index in [1.807, 2.05) is 13.8 Å². The summed E-state index contributed by atoms with van der Waals surface area (Å²) >= 11 is 0. The molecule has 0 aliphatic rings. The highest BCUT2D eigenvalue weighted by molar-refractivity contribution is 5.84. The van der Waals surface area contributed by atoms with Gasteiger partial charge in [0.25, 0.3) is 0 Å². The fourth-order valence-corrected chi connectivity index (χ4v) is 1.64. The summed E-state index contributed by atoms with van der Waals surface area (Å²) in [7, 11) is 0. The van der Waals surface area contributed by atoms with E-state index in [4.69, 9.17) is 0 Å². The number of phenols is 2. The quantitative estimate of drug-likeness (QED) is 0.545. The largest absolute Gasteiger partial charge is 0.504 e. The first kappa shape index (κ1) is 15.1. The van der Waals surface area contributed by atoms with Crippen LogP contribution in [0.3, 0.4) is 0 Å². The second-order valence-corrected chi connectivity index (χ2v) is 4.80. The van der Waals surface area contributed by atoms with E-state index >= 15 is 0 Å². The number of benzene rings is 1. The molecule has 19 heavy (non-hydrogen) atoms. The van der Waals surface area contributed by atoms with Crippen LogP contribution in [-0.2, 0) is 11.2 Å². The molecule has 1 rings (SSSR count). The van der Waals surface area contributed by atoms with E-state index in [1.54, 1.807) is 12.1 Å². The van der Waals surface area contributed by atoms with Gasteiger partial charge in [-0.3, -0.25) is 4.79 Å². The van der Waals surface area contributed by atoms with Crippen LogP contribution in [0.25, 0.3) is 0 Å². The lowest BCUT2D eigenvalue weighted by Gasteiger charge is -2.22. The Balaban J connectivity index is 2.52. The van der Waals surface area contributed by atoms with Crippen molar-refractivity contribution in [2.45, 2.75) is 26.7 Å². The molecule has 0 radical (unpaired) electrons. The average Bonchev–Trinajstić information content (AvgIpc) is 2.41. The number of carbonyl (C=O) groups excluding carboxylic acids is 1. The van der Waals surface area contributed by atoms with Crippen LogP contribution in [0.4, 0.5) is 0 Å². The van der Waals surface area contributed by atoms with Crippen molar-refractivity contribution < 1.29 is 15.0 Å². The summed E-state index contributed by atoms with van der Waals surface area (Å²) < 4.78 is 0. The Bertz CT molecular complexity index is 470. The van der Waals surface area contributed by atoms with Crippen LogP contribution in [-0.4, -0.2) is 22.7 Å². The summed E-state index contributed by atoms with van der Waals surface area (Å²) in [6, 6.07) is 4.65. The van der Waals surface area contributed by atoms with Crippen LogP contribution < -0.4 is 5.32 Å². The topological polar surface area (TPSA) is 69.6 Å². The molecule has 0 fully saturated rings. The molecule has 1 aromatic carbocycles. The zero-order valence-corrected chi connectivity index (χ0v) is 11.4. The monoisotopic (exact) mass is 263 g/mol. The molecule has 104 valence electrons. The Hall–Kier alpha value is -1.97. The second kappa shape index (κ2) is 6.27. The fourth-order valence-electron chi connectivity index (χ4n) is 1.64. The van der Waals surface area contributed by atoms with Crippen molar-refractivity contribution in [2.75, 3.05) is 6.54 Å². The molecule has 1 unspecified atom stereocenters. The normalized spacial score (nSPS) is 13.6. The number of nitrogens with one attached hydrogen (secondary N) is 1. The van der Waals surface area contributed by atoms with Crippen molar-refractivity contribution in [1.29, 1.82) is 0 Å². The lowest BCUT2D eigenvalue weighted by Crippen LogP contribution is -2.38. The maximum atomic E-state index is 12.0. The van der Waals surface area contributed by atoms with Gasteiger partial charge in [-0.15, -0.1) is 6.58 Å². The van der Waals surface area contributed by atoms with Crippen molar-refractivity contribution in [3.8, 4) is 11.5 Å². The standard InChI is InChI=1S/C15H21NO3/c1-4-15(3,5-2)14(19)16-9-8-11-6-7-12(17)13(18)10-11/h4,6-7,10,17-18H,1,5,8-9H2,2-3H3,(H,16,19). The SMILES string of the molecule is C=CC(C)(CC)C(=O)NCCc1ccc(O)c(O)c1. The zero-order chi connectivity index (χ0) is 14.5. The molecule has 1 amide bonds. The number of aromatic hydroxyl groups is 2. The van der Waals surface area contributed by atoms with E-state index in [1.165, 1.54) is 12.1 Å². The molecule has 0 saturated heterocycles. The van der Waals surface area contributed by atoms with Crippen molar-refractivity contribution in [2.24, 2.45) is 5.41 Å². The number of rotatable bonds is 6. The minimum absolute atomic E-state index is 0.0481. The number of carbonyl (C=O) groups is 1. The molecule has 0 aliphatic carbocycles. The van der Waals surface area contributed by atoms with E-state index < -0.39 is 5.41 Å². The number of hydrogen-bond donors (Lipinski definition) is 3. The van der Waals surface area contributed by atoms with Gasteiger partial charge in [-0.1, -0.05) is 19.1 Å². The molecule has 0 aliphatic heterocycles. The highest BCUT2D eigenvalue weighted by Gasteiger charge is 2.26. The van der Waals surface area contributed by atoms with Gasteiger partial charge in [-0.05, 0) is 37.5 Å². The molecule has 0 bridgehead atoms. The average molecular weight is 263 g/mol. The first-order valence-electron chi connectivity index (χ1n) is 6.35. The van der Waals surface area contributed by atoms with Crippen LogP contribution in [0.15, 0.2) is 30.9 Å². The van der Waals surface area contributed by atoms with Crippen LogP contribution in [0.1, 0.15) is 25.8 Å².